The lowest BCUT2D eigenvalue weighted by molar-refractivity contribution is -0.117. The highest BCUT2D eigenvalue weighted by atomic mass is 32.1. The van der Waals surface area contributed by atoms with Gasteiger partial charge in [-0.05, 0) is 66.1 Å². The Bertz CT molecular complexity index is 1320. The van der Waals surface area contributed by atoms with Crippen molar-refractivity contribution in [3.8, 4) is 11.8 Å². The average Bonchev–Trinajstić information content (AvgIpc) is 3.64. The van der Waals surface area contributed by atoms with Gasteiger partial charge >= 0.3 is 6.03 Å². The van der Waals surface area contributed by atoms with Crippen molar-refractivity contribution in [2.75, 3.05) is 25.5 Å². The first-order valence-corrected chi connectivity index (χ1v) is 12.8. The number of urea groups is 1. The molecule has 0 spiro atoms. The van der Waals surface area contributed by atoms with E-state index in [9.17, 15) is 14.9 Å². The number of benzene rings is 1. The van der Waals surface area contributed by atoms with Gasteiger partial charge in [-0.2, -0.15) is 5.26 Å². The van der Waals surface area contributed by atoms with Crippen molar-refractivity contribution in [3.05, 3.63) is 75.9 Å². The predicted molar refractivity (Wildman–Crippen MR) is 137 cm³/mol. The Labute approximate surface area is 213 Å². The largest absolute Gasteiger partial charge is 0.497 e. The molecule has 3 amide bonds. The summed E-state index contributed by atoms with van der Waals surface area (Å²) in [6.45, 7) is 1.51. The highest BCUT2D eigenvalue weighted by molar-refractivity contribution is 7.16. The lowest BCUT2D eigenvalue weighted by Gasteiger charge is -2.27. The lowest BCUT2D eigenvalue weighted by atomic mass is 10.0. The molecule has 9 heteroatoms. The lowest BCUT2D eigenvalue weighted by Crippen LogP contribution is -2.43. The molecule has 2 aromatic heterocycles. The summed E-state index contributed by atoms with van der Waals surface area (Å²) in [5.74, 6) is 0.753. The van der Waals surface area contributed by atoms with Crippen LogP contribution in [0.4, 0.5) is 9.80 Å². The van der Waals surface area contributed by atoms with Crippen LogP contribution in [0.5, 0.6) is 5.75 Å². The number of rotatable bonds is 7. The van der Waals surface area contributed by atoms with Crippen molar-refractivity contribution in [2.24, 2.45) is 5.92 Å². The van der Waals surface area contributed by atoms with Crippen LogP contribution >= 0.6 is 11.3 Å². The second kappa shape index (κ2) is 10.4. The monoisotopic (exact) mass is 501 g/mol. The second-order valence-electron chi connectivity index (χ2n) is 9.04. The molecule has 1 saturated carbocycles. The van der Waals surface area contributed by atoms with E-state index in [-0.39, 0.29) is 23.8 Å². The van der Waals surface area contributed by atoms with Gasteiger partial charge in [-0.25, -0.2) is 4.79 Å². The van der Waals surface area contributed by atoms with Gasteiger partial charge in [0, 0.05) is 36.3 Å². The molecule has 0 bridgehead atoms. The number of carbonyl (C=O) groups is 2. The van der Waals surface area contributed by atoms with Crippen LogP contribution < -0.4 is 15.4 Å². The van der Waals surface area contributed by atoms with Gasteiger partial charge in [-0.3, -0.25) is 9.78 Å². The van der Waals surface area contributed by atoms with Crippen LogP contribution in [0.15, 0.2) is 48.8 Å². The molecule has 3 aromatic rings. The third-order valence-electron chi connectivity index (χ3n) is 6.78. The molecule has 1 aromatic carbocycles. The molecule has 36 heavy (non-hydrogen) atoms. The summed E-state index contributed by atoms with van der Waals surface area (Å²) >= 11 is 1.40. The first-order valence-electron chi connectivity index (χ1n) is 12.0. The molecule has 5 rings (SSSR count). The molecule has 0 saturated heterocycles. The number of methoxy groups -OCH3 is 1. The van der Waals surface area contributed by atoms with E-state index < -0.39 is 0 Å². The van der Waals surface area contributed by atoms with Crippen LogP contribution in [0.25, 0.3) is 0 Å². The van der Waals surface area contributed by atoms with Crippen LogP contribution in [0.3, 0.4) is 0 Å². The number of hydrogen-bond donors (Lipinski definition) is 2. The number of carbonyl (C=O) groups excluding carboxylic acids is 2. The zero-order valence-electron chi connectivity index (χ0n) is 20.0. The van der Waals surface area contributed by atoms with Gasteiger partial charge in [-0.15, -0.1) is 11.3 Å². The van der Waals surface area contributed by atoms with E-state index in [1.807, 2.05) is 36.4 Å². The third kappa shape index (κ3) is 5.04. The fraction of sp³-hybridized carbons (Fsp3) is 0.333. The Morgan fingerprint density at radius 3 is 2.89 bits per heavy atom. The number of nitrogens with zero attached hydrogens (tertiary/aromatic N) is 3. The van der Waals surface area contributed by atoms with Crippen molar-refractivity contribution >= 4 is 28.3 Å². The Balaban J connectivity index is 1.19. The van der Waals surface area contributed by atoms with Crippen LogP contribution in [0.2, 0.25) is 0 Å². The SMILES string of the molecule is COc1cccc(C2CC2C(=O)Nc2sc3c(c2C#N)CCN(C(=O)NCCc2ccncc2)C3)c1. The van der Waals surface area contributed by atoms with E-state index in [2.05, 4.69) is 21.7 Å². The highest BCUT2D eigenvalue weighted by Crippen LogP contribution is 2.49. The molecular formula is C27H27N5O3S. The minimum Gasteiger partial charge on any atom is -0.497 e. The van der Waals surface area contributed by atoms with Crippen LogP contribution in [-0.2, 0) is 24.2 Å². The normalized spacial score (nSPS) is 18.1. The Morgan fingerprint density at radius 1 is 1.28 bits per heavy atom. The van der Waals surface area contributed by atoms with Gasteiger partial charge in [0.2, 0.25) is 5.91 Å². The molecule has 2 aliphatic rings. The zero-order valence-corrected chi connectivity index (χ0v) is 20.8. The van der Waals surface area contributed by atoms with E-state index in [1.165, 1.54) is 11.3 Å². The molecule has 2 N–H and O–H groups in total. The summed E-state index contributed by atoms with van der Waals surface area (Å²) in [7, 11) is 1.63. The van der Waals surface area contributed by atoms with Crippen molar-refractivity contribution in [2.45, 2.75) is 31.7 Å². The molecule has 3 heterocycles. The van der Waals surface area contributed by atoms with Crippen molar-refractivity contribution in [1.29, 1.82) is 5.26 Å². The molecule has 1 aliphatic heterocycles. The van der Waals surface area contributed by atoms with Crippen LogP contribution in [0.1, 0.15) is 39.5 Å². The number of thiophene rings is 1. The highest BCUT2D eigenvalue weighted by Gasteiger charge is 2.44. The van der Waals surface area contributed by atoms with Gasteiger partial charge in [-0.1, -0.05) is 12.1 Å². The standard InChI is InChI=1S/C27H27N5O3S/c1-35-19-4-2-3-18(13-19)21-14-22(21)25(33)31-26-23(15-28)20-8-12-32(16-24(20)36-26)27(34)30-11-7-17-5-9-29-10-6-17/h2-6,9-10,13,21-22H,7-8,11-12,14,16H2,1H3,(H,30,34)(H,31,33). The van der Waals surface area contributed by atoms with E-state index in [0.717, 1.165) is 40.2 Å². The van der Waals surface area contributed by atoms with Crippen molar-refractivity contribution < 1.29 is 14.3 Å². The number of anilines is 1. The topological polar surface area (TPSA) is 107 Å². The number of pyridine rings is 1. The quantitative estimate of drug-likeness (QED) is 0.507. The smallest absolute Gasteiger partial charge is 0.317 e. The maximum atomic E-state index is 13.0. The van der Waals surface area contributed by atoms with E-state index >= 15 is 0 Å². The number of hydrogen-bond acceptors (Lipinski definition) is 6. The van der Waals surface area contributed by atoms with E-state index in [0.29, 0.717) is 36.6 Å². The molecule has 2 unspecified atom stereocenters. The van der Waals surface area contributed by atoms with Gasteiger partial charge in [0.1, 0.15) is 16.8 Å². The molecule has 1 aliphatic carbocycles. The summed E-state index contributed by atoms with van der Waals surface area (Å²) in [5.41, 5.74) is 3.68. The van der Waals surface area contributed by atoms with Gasteiger partial charge < -0.3 is 20.3 Å². The zero-order chi connectivity index (χ0) is 25.1. The first kappa shape index (κ1) is 23.8. The average molecular weight is 502 g/mol. The number of nitrogens with one attached hydrogen (secondary N) is 2. The van der Waals surface area contributed by atoms with Crippen LogP contribution in [0, 0.1) is 17.2 Å². The van der Waals surface area contributed by atoms with E-state index in [1.54, 1.807) is 24.4 Å². The molecular weight excluding hydrogens is 474 g/mol. The van der Waals surface area contributed by atoms with Crippen molar-refractivity contribution in [3.63, 3.8) is 0 Å². The number of amides is 3. The Kier molecular flexibility index (Phi) is 6.87. The van der Waals surface area contributed by atoms with Crippen LogP contribution in [-0.4, -0.2) is 42.0 Å². The predicted octanol–water partition coefficient (Wildman–Crippen LogP) is 4.08. The summed E-state index contributed by atoms with van der Waals surface area (Å²) in [6.07, 6.45) is 5.59. The minimum absolute atomic E-state index is 0.0661. The third-order valence-corrected chi connectivity index (χ3v) is 7.91. The van der Waals surface area contributed by atoms with Crippen molar-refractivity contribution in [1.82, 2.24) is 15.2 Å². The molecule has 0 radical (unpaired) electrons. The number of fused-ring (bicyclic) bond motifs is 1. The second-order valence-corrected chi connectivity index (χ2v) is 10.1. The van der Waals surface area contributed by atoms with E-state index in [4.69, 9.17) is 4.74 Å². The number of ether oxygens (including phenoxy) is 1. The minimum atomic E-state index is -0.120. The maximum Gasteiger partial charge on any atom is 0.317 e. The summed E-state index contributed by atoms with van der Waals surface area (Å²) in [4.78, 5) is 32.4. The molecule has 2 atom stereocenters. The molecule has 8 nitrogen and oxygen atoms in total. The molecule has 184 valence electrons. The maximum absolute atomic E-state index is 13.0. The van der Waals surface area contributed by atoms with Gasteiger partial charge in [0.15, 0.2) is 0 Å². The summed E-state index contributed by atoms with van der Waals surface area (Å²) in [6, 6.07) is 13.8. The Morgan fingerprint density at radius 2 is 2.11 bits per heavy atom. The number of nitriles is 1. The summed E-state index contributed by atoms with van der Waals surface area (Å²) in [5, 5.41) is 16.4. The number of aromatic nitrogens is 1. The first-order chi connectivity index (χ1) is 17.6. The molecule has 1 fully saturated rings. The Hall–Kier alpha value is -3.90. The fourth-order valence-electron chi connectivity index (χ4n) is 4.69. The summed E-state index contributed by atoms with van der Waals surface area (Å²) < 4.78 is 5.30. The van der Waals surface area contributed by atoms with Gasteiger partial charge in [0.05, 0.1) is 19.2 Å². The van der Waals surface area contributed by atoms with Gasteiger partial charge in [0.25, 0.3) is 0 Å². The fourth-order valence-corrected chi connectivity index (χ4v) is 5.90.